The molecule has 1 aromatic carbocycles. The van der Waals surface area contributed by atoms with Gasteiger partial charge in [-0.05, 0) is 65.4 Å². The summed E-state index contributed by atoms with van der Waals surface area (Å²) in [5.74, 6) is -7.32. The maximum Gasteiger partial charge on any atom is 0.252 e. The molecular weight excluding hydrogens is 671 g/mol. The number of nitrogens with zero attached hydrogens (tertiary/aromatic N) is 5. The van der Waals surface area contributed by atoms with Crippen molar-refractivity contribution < 1.29 is 31.9 Å². The van der Waals surface area contributed by atoms with Crippen LogP contribution in [0.2, 0.25) is 0 Å². The van der Waals surface area contributed by atoms with Crippen LogP contribution in [0, 0.1) is 26.5 Å². The Labute approximate surface area is 250 Å². The summed E-state index contributed by atoms with van der Waals surface area (Å²) in [6, 6.07) is 6.29. The summed E-state index contributed by atoms with van der Waals surface area (Å²) in [4.78, 5) is 51.5. The smallest absolute Gasteiger partial charge is 0.252 e. The highest BCUT2D eigenvalue weighted by Crippen LogP contribution is 2.39. The molecule has 2 aliphatic rings. The van der Waals surface area contributed by atoms with Crippen LogP contribution in [-0.4, -0.2) is 45.7 Å². The molecule has 2 atom stereocenters. The van der Waals surface area contributed by atoms with Gasteiger partial charge in [0, 0.05) is 47.3 Å². The average Bonchev–Trinajstić information content (AvgIpc) is 3.31. The molecule has 1 aliphatic heterocycles. The van der Waals surface area contributed by atoms with E-state index in [-0.39, 0.29) is 35.6 Å². The number of nitrogens with one attached hydrogen (secondary N) is 1. The number of amides is 3. The van der Waals surface area contributed by atoms with Gasteiger partial charge < -0.3 is 5.32 Å². The van der Waals surface area contributed by atoms with Gasteiger partial charge in [0.05, 0.1) is 23.0 Å². The van der Waals surface area contributed by atoms with Crippen molar-refractivity contribution in [1.82, 2.24) is 15.3 Å². The van der Waals surface area contributed by atoms with E-state index in [1.54, 1.807) is 12.1 Å². The third-order valence-corrected chi connectivity index (χ3v) is 7.88. The summed E-state index contributed by atoms with van der Waals surface area (Å²) in [6.07, 6.45) is 1.30. The Morgan fingerprint density at radius 1 is 1.12 bits per heavy atom. The fourth-order valence-electron chi connectivity index (χ4n) is 5.07. The molecule has 2 fully saturated rings. The molecule has 216 valence electrons. The summed E-state index contributed by atoms with van der Waals surface area (Å²) >= 11 is 1.88. The van der Waals surface area contributed by atoms with Crippen LogP contribution in [0.5, 0.6) is 0 Å². The highest BCUT2D eigenvalue weighted by Gasteiger charge is 2.49. The molecule has 5 rings (SSSR count). The summed E-state index contributed by atoms with van der Waals surface area (Å²) in [5, 5.41) is 11.8. The van der Waals surface area contributed by atoms with E-state index >= 15 is 0 Å². The van der Waals surface area contributed by atoms with Crippen molar-refractivity contribution in [1.29, 1.82) is 5.26 Å². The molecule has 0 spiro atoms. The largest absolute Gasteiger partial charge is 0.351 e. The first-order chi connectivity index (χ1) is 20.0. The minimum atomic E-state index is -2.95. The molecule has 1 saturated carbocycles. The number of pyridine rings is 2. The van der Waals surface area contributed by atoms with Crippen LogP contribution in [-0.2, 0) is 14.4 Å². The van der Waals surface area contributed by atoms with Crippen LogP contribution in [0.4, 0.5) is 29.1 Å². The Morgan fingerprint density at radius 3 is 2.48 bits per heavy atom. The first-order valence-corrected chi connectivity index (χ1v) is 13.8. The Bertz CT molecular complexity index is 1590. The Morgan fingerprint density at radius 2 is 1.83 bits per heavy atom. The standard InChI is InChI=1S/C28H21F4IN6O3/c29-16-9-17(30)11-19(10-16)38(27(42)21-3-4-23(40)39(21)22-8-15(14-34)5-7-35-22)25(24-20(33)2-1-6-36-24)26(41)37-18-12-28(31,32)13-18/h1-2,5-11,18,21,25H,3-4,12-13H2,(H,37,41)/t21-,25-/m0/s1. The molecular formula is C28H21F4IN6O3. The van der Waals surface area contributed by atoms with Crippen LogP contribution in [0.1, 0.15) is 43.0 Å². The van der Waals surface area contributed by atoms with E-state index in [0.717, 1.165) is 21.9 Å². The summed E-state index contributed by atoms with van der Waals surface area (Å²) < 4.78 is 56.7. The summed E-state index contributed by atoms with van der Waals surface area (Å²) in [5.41, 5.74) is -0.149. The maximum absolute atomic E-state index is 14.5. The van der Waals surface area contributed by atoms with Crippen LogP contribution in [0.25, 0.3) is 0 Å². The van der Waals surface area contributed by atoms with E-state index in [2.05, 4.69) is 15.3 Å². The third-order valence-electron chi connectivity index (χ3n) is 6.97. The molecule has 3 amide bonds. The van der Waals surface area contributed by atoms with E-state index < -0.39 is 66.2 Å². The van der Waals surface area contributed by atoms with Gasteiger partial charge in [0.15, 0.2) is 6.04 Å². The number of rotatable bonds is 7. The van der Waals surface area contributed by atoms with Gasteiger partial charge in [-0.2, -0.15) is 5.26 Å². The fourth-order valence-corrected chi connectivity index (χ4v) is 5.72. The number of carbonyl (C=O) groups is 3. The van der Waals surface area contributed by atoms with Crippen molar-refractivity contribution in [2.24, 2.45) is 0 Å². The lowest BCUT2D eigenvalue weighted by Crippen LogP contribution is -2.56. The molecule has 0 bridgehead atoms. The van der Waals surface area contributed by atoms with Gasteiger partial charge in [-0.3, -0.25) is 29.2 Å². The molecule has 3 aromatic rings. The zero-order valence-electron chi connectivity index (χ0n) is 21.6. The molecule has 14 heteroatoms. The summed E-state index contributed by atoms with van der Waals surface area (Å²) in [6.45, 7) is 0. The normalized spacial score (nSPS) is 18.6. The fraction of sp³-hybridized carbons (Fsp3) is 0.286. The predicted octanol–water partition coefficient (Wildman–Crippen LogP) is 4.41. The third kappa shape index (κ3) is 5.91. The van der Waals surface area contributed by atoms with Crippen LogP contribution in [0.3, 0.4) is 0 Å². The zero-order chi connectivity index (χ0) is 30.2. The van der Waals surface area contributed by atoms with Gasteiger partial charge in [0.1, 0.15) is 23.5 Å². The SMILES string of the molecule is N#Cc1ccnc(N2C(=O)CC[C@H]2C(=O)N(c2cc(F)cc(F)c2)[C@H](C(=O)NC2CC(F)(F)C2)c2ncccc2I)c1. The van der Waals surface area contributed by atoms with E-state index in [0.29, 0.717) is 9.64 Å². The second-order valence-electron chi connectivity index (χ2n) is 9.91. The van der Waals surface area contributed by atoms with Crippen molar-refractivity contribution in [3.05, 3.63) is 81.3 Å². The molecule has 0 unspecified atom stereocenters. The minimum absolute atomic E-state index is 0.00499. The van der Waals surface area contributed by atoms with Crippen LogP contribution >= 0.6 is 22.6 Å². The minimum Gasteiger partial charge on any atom is -0.351 e. The number of carbonyl (C=O) groups excluding carboxylic acids is 3. The topological polar surface area (TPSA) is 119 Å². The van der Waals surface area contributed by atoms with Gasteiger partial charge in [-0.25, -0.2) is 22.5 Å². The number of benzene rings is 1. The number of hydrogen-bond acceptors (Lipinski definition) is 6. The average molecular weight is 692 g/mol. The van der Waals surface area contributed by atoms with Gasteiger partial charge in [-0.15, -0.1) is 0 Å². The van der Waals surface area contributed by atoms with Gasteiger partial charge in [0.25, 0.3) is 11.8 Å². The molecule has 3 heterocycles. The highest BCUT2D eigenvalue weighted by atomic mass is 127. The molecule has 1 saturated heterocycles. The zero-order valence-corrected chi connectivity index (χ0v) is 23.8. The van der Waals surface area contributed by atoms with Crippen LogP contribution < -0.4 is 15.1 Å². The Balaban J connectivity index is 1.63. The Hall–Kier alpha value is -4.13. The van der Waals surface area contributed by atoms with Crippen molar-refractivity contribution in [3.8, 4) is 6.07 Å². The molecule has 1 N–H and O–H groups in total. The lowest BCUT2D eigenvalue weighted by Gasteiger charge is -2.39. The van der Waals surface area contributed by atoms with Crippen molar-refractivity contribution in [2.75, 3.05) is 9.80 Å². The van der Waals surface area contributed by atoms with Gasteiger partial charge in [0.2, 0.25) is 11.8 Å². The molecule has 0 radical (unpaired) electrons. The molecule has 1 aliphatic carbocycles. The quantitative estimate of drug-likeness (QED) is 0.290. The van der Waals surface area contributed by atoms with Gasteiger partial charge >= 0.3 is 0 Å². The van der Waals surface area contributed by atoms with Crippen LogP contribution in [0.15, 0.2) is 54.9 Å². The number of anilines is 2. The van der Waals surface area contributed by atoms with E-state index in [1.165, 1.54) is 24.5 Å². The predicted molar refractivity (Wildman–Crippen MR) is 149 cm³/mol. The van der Waals surface area contributed by atoms with Gasteiger partial charge in [-0.1, -0.05) is 0 Å². The van der Waals surface area contributed by atoms with E-state index in [1.807, 2.05) is 28.7 Å². The number of hydrogen-bond donors (Lipinski definition) is 1. The second kappa shape index (κ2) is 11.6. The number of aromatic nitrogens is 2. The molecule has 9 nitrogen and oxygen atoms in total. The first-order valence-electron chi connectivity index (χ1n) is 12.7. The number of nitriles is 1. The van der Waals surface area contributed by atoms with Crippen molar-refractivity contribution in [3.63, 3.8) is 0 Å². The molecule has 2 aromatic heterocycles. The van der Waals surface area contributed by atoms with Crippen molar-refractivity contribution >= 4 is 51.8 Å². The molecule has 42 heavy (non-hydrogen) atoms. The first kappa shape index (κ1) is 29.4. The second-order valence-corrected chi connectivity index (χ2v) is 11.1. The lowest BCUT2D eigenvalue weighted by atomic mass is 9.88. The lowest BCUT2D eigenvalue weighted by molar-refractivity contribution is -0.133. The highest BCUT2D eigenvalue weighted by molar-refractivity contribution is 14.1. The Kier molecular flexibility index (Phi) is 8.13. The number of halogens is 5. The monoisotopic (exact) mass is 692 g/mol. The maximum atomic E-state index is 14.5. The van der Waals surface area contributed by atoms with E-state index in [4.69, 9.17) is 0 Å². The summed E-state index contributed by atoms with van der Waals surface area (Å²) in [7, 11) is 0. The number of alkyl halides is 2. The van der Waals surface area contributed by atoms with Crippen molar-refractivity contribution in [2.45, 2.75) is 49.7 Å². The van der Waals surface area contributed by atoms with E-state index in [9.17, 15) is 37.2 Å².